The minimum absolute atomic E-state index is 0.486. The molecule has 0 heterocycles. The highest BCUT2D eigenvalue weighted by molar-refractivity contribution is 5.36. The van der Waals surface area contributed by atoms with Crippen LogP contribution in [0.3, 0.4) is 0 Å². The molecule has 0 radical (unpaired) electrons. The van der Waals surface area contributed by atoms with Crippen LogP contribution in [0.4, 0.5) is 0 Å². The Morgan fingerprint density at radius 3 is 1.63 bits per heavy atom. The first-order valence-electron chi connectivity index (χ1n) is 5.66. The van der Waals surface area contributed by atoms with E-state index < -0.39 is 23.0 Å². The van der Waals surface area contributed by atoms with Gasteiger partial charge in [-0.05, 0) is 0 Å². The van der Waals surface area contributed by atoms with Gasteiger partial charge in [-0.2, -0.15) is 0 Å². The molecule has 0 atom stereocenters. The topological polar surface area (TPSA) is 75.6 Å². The summed E-state index contributed by atoms with van der Waals surface area (Å²) in [5, 5.41) is 9.73. The van der Waals surface area contributed by atoms with E-state index in [0.717, 1.165) is 0 Å². The van der Waals surface area contributed by atoms with Gasteiger partial charge in [0.05, 0.1) is 6.61 Å². The van der Waals surface area contributed by atoms with E-state index in [-0.39, 0.29) is 0 Å². The molecule has 0 aromatic heterocycles. The quantitative estimate of drug-likeness (QED) is 0.838. The molecule has 0 saturated carbocycles. The summed E-state index contributed by atoms with van der Waals surface area (Å²) in [6, 6.07) is 17.5. The van der Waals surface area contributed by atoms with Crippen LogP contribution in [0.5, 0.6) is 0 Å². The second-order valence-corrected chi connectivity index (χ2v) is 4.52. The Bertz CT molecular complexity index is 462. The average molecular weight is 281 g/mol. The Balaban J connectivity index is 2.55. The van der Waals surface area contributed by atoms with E-state index in [1.54, 1.807) is 48.5 Å². The number of hydrogen-bond donors (Lipinski definition) is 1. The van der Waals surface area contributed by atoms with E-state index in [4.69, 9.17) is 4.29 Å². The van der Waals surface area contributed by atoms with Crippen LogP contribution in [-0.4, -0.2) is 11.7 Å². The molecule has 5 heteroatoms. The van der Waals surface area contributed by atoms with Gasteiger partial charge in [-0.15, -0.1) is 0 Å². The molecular weight excluding hydrogens is 268 g/mol. The van der Waals surface area contributed by atoms with Gasteiger partial charge in [0.25, 0.3) is 16.4 Å². The zero-order valence-corrected chi connectivity index (χ0v) is 10.8. The summed E-state index contributed by atoms with van der Waals surface area (Å²) >= 11 is 0. The standard InChI is InChI=1S/C14H13ClO4/c16-11-14(19-15(17)18,12-7-3-1-4-8-12)13-9-5-2-6-10-13/h1-10,16H,11H2. The highest BCUT2D eigenvalue weighted by Gasteiger charge is 2.45. The van der Waals surface area contributed by atoms with Crippen molar-refractivity contribution in [1.82, 2.24) is 0 Å². The molecular formula is C14H13ClO4. The first kappa shape index (κ1) is 14.0. The third kappa shape index (κ3) is 2.94. The molecule has 0 spiro atoms. The van der Waals surface area contributed by atoms with Gasteiger partial charge >= 0.3 is 0 Å². The second-order valence-electron chi connectivity index (χ2n) is 3.98. The Hall–Kier alpha value is -1.43. The molecule has 2 aromatic carbocycles. The average Bonchev–Trinajstić information content (AvgIpc) is 2.46. The van der Waals surface area contributed by atoms with Crippen LogP contribution in [0.25, 0.3) is 0 Å². The zero-order chi connectivity index (χ0) is 13.7. The van der Waals surface area contributed by atoms with Gasteiger partial charge in [0, 0.05) is 15.4 Å². The van der Waals surface area contributed by atoms with Crippen molar-refractivity contribution in [2.75, 3.05) is 6.61 Å². The van der Waals surface area contributed by atoms with Crippen molar-refractivity contribution in [1.29, 1.82) is 0 Å². The normalized spacial score (nSPS) is 11.8. The molecule has 0 bridgehead atoms. The van der Waals surface area contributed by atoms with Crippen molar-refractivity contribution >= 4 is 0 Å². The van der Waals surface area contributed by atoms with Crippen LogP contribution in [0.15, 0.2) is 60.7 Å². The molecule has 100 valence electrons. The Kier molecular flexibility index (Phi) is 4.52. The van der Waals surface area contributed by atoms with Crippen LogP contribution < -0.4 is 9.32 Å². The van der Waals surface area contributed by atoms with E-state index in [2.05, 4.69) is 0 Å². The van der Waals surface area contributed by atoms with Crippen molar-refractivity contribution in [3.63, 3.8) is 0 Å². The fourth-order valence-electron chi connectivity index (χ4n) is 1.99. The van der Waals surface area contributed by atoms with Crippen LogP contribution in [-0.2, 0) is 9.89 Å². The Labute approximate surface area is 114 Å². The summed E-state index contributed by atoms with van der Waals surface area (Å²) in [7, 11) is -2.39. The van der Waals surface area contributed by atoms with Gasteiger partial charge in [0.2, 0.25) is 0 Å². The Morgan fingerprint density at radius 2 is 1.32 bits per heavy atom. The maximum Gasteiger partial charge on any atom is 0.287 e. The van der Waals surface area contributed by atoms with Crippen LogP contribution in [0.1, 0.15) is 11.1 Å². The van der Waals surface area contributed by atoms with Crippen molar-refractivity contribution < 1.29 is 29.5 Å². The lowest BCUT2D eigenvalue weighted by atomic mass is 9.87. The predicted octanol–water partition coefficient (Wildman–Crippen LogP) is 0.0254. The smallest absolute Gasteiger partial charge is 0.287 e. The summed E-state index contributed by atoms with van der Waals surface area (Å²) in [5.74, 6) is 0. The molecule has 19 heavy (non-hydrogen) atoms. The highest BCUT2D eigenvalue weighted by atomic mass is 35.6. The van der Waals surface area contributed by atoms with Crippen molar-refractivity contribution in [2.24, 2.45) is 0 Å². The molecule has 2 rings (SSSR count). The maximum atomic E-state index is 11.0. The van der Waals surface area contributed by atoms with Crippen LogP contribution in [0, 0.1) is 10.8 Å². The second kappa shape index (κ2) is 6.14. The summed E-state index contributed by atoms with van der Waals surface area (Å²) in [4.78, 5) is 0. The van der Waals surface area contributed by atoms with E-state index in [1.807, 2.05) is 12.1 Å². The lowest BCUT2D eigenvalue weighted by molar-refractivity contribution is -1.63. The van der Waals surface area contributed by atoms with Crippen LogP contribution in [0.2, 0.25) is 0 Å². The van der Waals surface area contributed by atoms with Crippen molar-refractivity contribution in [3.8, 4) is 0 Å². The highest BCUT2D eigenvalue weighted by Crippen LogP contribution is 2.33. The summed E-state index contributed by atoms with van der Waals surface area (Å²) in [6.45, 7) is -0.486. The summed E-state index contributed by atoms with van der Waals surface area (Å²) < 4.78 is 26.9. The minimum Gasteiger partial charge on any atom is -0.392 e. The van der Waals surface area contributed by atoms with Gasteiger partial charge in [-0.25, -0.2) is 0 Å². The van der Waals surface area contributed by atoms with Gasteiger partial charge < -0.3 is 14.4 Å². The number of halogens is 1. The molecule has 0 fully saturated rings. The lowest BCUT2D eigenvalue weighted by Crippen LogP contribution is -2.45. The van der Waals surface area contributed by atoms with Gasteiger partial charge in [0.15, 0.2) is 0 Å². The zero-order valence-electron chi connectivity index (χ0n) is 10.0. The number of benzene rings is 2. The summed E-state index contributed by atoms with van der Waals surface area (Å²) in [6.07, 6.45) is 0. The molecule has 0 aliphatic rings. The minimum atomic E-state index is -2.39. The molecule has 0 unspecified atom stereocenters. The SMILES string of the molecule is [O-][Cl+2]([O-])OC(CO)(c1ccccc1)c1ccccc1. The third-order valence-electron chi connectivity index (χ3n) is 2.90. The van der Waals surface area contributed by atoms with Gasteiger partial charge in [0.1, 0.15) is 0 Å². The molecule has 0 amide bonds. The fourth-order valence-corrected chi connectivity index (χ4v) is 2.43. The van der Waals surface area contributed by atoms with E-state index >= 15 is 0 Å². The molecule has 0 aliphatic carbocycles. The van der Waals surface area contributed by atoms with Crippen molar-refractivity contribution in [3.05, 3.63) is 71.8 Å². The number of hydrogen-bond acceptors (Lipinski definition) is 4. The fraction of sp³-hybridized carbons (Fsp3) is 0.143. The predicted molar refractivity (Wildman–Crippen MR) is 61.8 cm³/mol. The molecule has 0 saturated heterocycles. The largest absolute Gasteiger partial charge is 0.392 e. The first-order valence-corrected chi connectivity index (χ1v) is 6.58. The van der Waals surface area contributed by atoms with Crippen LogP contribution >= 0.6 is 0 Å². The van der Waals surface area contributed by atoms with E-state index in [0.29, 0.717) is 11.1 Å². The first-order chi connectivity index (χ1) is 9.19. The number of aliphatic hydroxyl groups excluding tert-OH is 1. The lowest BCUT2D eigenvalue weighted by Gasteiger charge is -2.25. The third-order valence-corrected chi connectivity index (χ3v) is 3.29. The maximum absolute atomic E-state index is 11.0. The number of rotatable bonds is 5. The Morgan fingerprint density at radius 1 is 0.895 bits per heavy atom. The van der Waals surface area contributed by atoms with Crippen molar-refractivity contribution in [2.45, 2.75) is 5.60 Å². The van der Waals surface area contributed by atoms with E-state index in [9.17, 15) is 14.4 Å². The molecule has 4 nitrogen and oxygen atoms in total. The molecule has 0 aliphatic heterocycles. The monoisotopic (exact) mass is 280 g/mol. The van der Waals surface area contributed by atoms with Gasteiger partial charge in [-0.1, -0.05) is 60.7 Å². The molecule has 2 aromatic rings. The van der Waals surface area contributed by atoms with E-state index in [1.165, 1.54) is 0 Å². The molecule has 1 N–H and O–H groups in total. The number of aliphatic hydroxyl groups is 1. The van der Waals surface area contributed by atoms with Gasteiger partial charge in [-0.3, -0.25) is 0 Å². The summed E-state index contributed by atoms with van der Waals surface area (Å²) in [5.41, 5.74) is -0.289.